The zero-order chi connectivity index (χ0) is 17.9. The normalized spacial score (nSPS) is 11.3. The molecular formula is C17H20N2O4S. The lowest BCUT2D eigenvalue weighted by Crippen LogP contribution is -2.14. The molecular weight excluding hydrogens is 328 g/mol. The van der Waals surface area contributed by atoms with E-state index in [2.05, 4.69) is 4.72 Å². The average molecular weight is 348 g/mol. The summed E-state index contributed by atoms with van der Waals surface area (Å²) in [6.07, 6.45) is 0.00746. The van der Waals surface area contributed by atoms with Crippen LogP contribution in [-0.4, -0.2) is 20.4 Å². The van der Waals surface area contributed by atoms with Gasteiger partial charge in [0.2, 0.25) is 5.91 Å². The Hall–Kier alpha value is -2.54. The van der Waals surface area contributed by atoms with Crippen LogP contribution in [0.4, 0.5) is 5.69 Å². The van der Waals surface area contributed by atoms with Gasteiger partial charge >= 0.3 is 0 Å². The molecule has 0 fully saturated rings. The molecule has 0 bridgehead atoms. The summed E-state index contributed by atoms with van der Waals surface area (Å²) in [7, 11) is -3.74. The molecule has 128 valence electrons. The SMILES string of the molecule is Cc1cc(S(=O)(=O)Nc2ccc(C(N)=O)cc2)ccc1OC(C)C. The van der Waals surface area contributed by atoms with Gasteiger partial charge in [0, 0.05) is 11.3 Å². The molecule has 0 heterocycles. The Morgan fingerprint density at radius 3 is 2.25 bits per heavy atom. The number of benzene rings is 2. The third-order valence-corrected chi connectivity index (χ3v) is 4.62. The lowest BCUT2D eigenvalue weighted by molar-refractivity contribution is 0.100. The molecule has 2 aromatic carbocycles. The number of aryl methyl sites for hydroxylation is 1. The molecule has 1 amide bonds. The molecule has 0 aliphatic heterocycles. The van der Waals surface area contributed by atoms with Crippen molar-refractivity contribution in [1.82, 2.24) is 0 Å². The minimum Gasteiger partial charge on any atom is -0.491 e. The average Bonchev–Trinajstić information content (AvgIpc) is 2.49. The van der Waals surface area contributed by atoms with E-state index < -0.39 is 15.9 Å². The maximum Gasteiger partial charge on any atom is 0.261 e. The first-order valence-electron chi connectivity index (χ1n) is 7.39. The molecule has 3 N–H and O–H groups in total. The highest BCUT2D eigenvalue weighted by molar-refractivity contribution is 7.92. The van der Waals surface area contributed by atoms with Crippen molar-refractivity contribution in [1.29, 1.82) is 0 Å². The highest BCUT2D eigenvalue weighted by atomic mass is 32.2. The van der Waals surface area contributed by atoms with E-state index in [0.717, 1.165) is 5.56 Å². The lowest BCUT2D eigenvalue weighted by atomic mass is 10.2. The topological polar surface area (TPSA) is 98.5 Å². The number of carbonyl (C=O) groups is 1. The number of nitrogens with one attached hydrogen (secondary N) is 1. The van der Waals surface area contributed by atoms with Crippen LogP contribution >= 0.6 is 0 Å². The summed E-state index contributed by atoms with van der Waals surface area (Å²) in [5.41, 5.74) is 6.55. The van der Waals surface area contributed by atoms with Gasteiger partial charge in [-0.3, -0.25) is 9.52 Å². The fourth-order valence-electron chi connectivity index (χ4n) is 2.09. The van der Waals surface area contributed by atoms with E-state index in [1.54, 1.807) is 19.1 Å². The van der Waals surface area contributed by atoms with Gasteiger partial charge in [0.1, 0.15) is 5.75 Å². The van der Waals surface area contributed by atoms with Crippen LogP contribution in [0.3, 0.4) is 0 Å². The third-order valence-electron chi connectivity index (χ3n) is 3.24. The van der Waals surface area contributed by atoms with Crippen LogP contribution < -0.4 is 15.2 Å². The van der Waals surface area contributed by atoms with E-state index in [4.69, 9.17) is 10.5 Å². The summed E-state index contributed by atoms with van der Waals surface area (Å²) < 4.78 is 33.0. The van der Waals surface area contributed by atoms with Gasteiger partial charge in [-0.2, -0.15) is 0 Å². The van der Waals surface area contributed by atoms with Crippen molar-refractivity contribution < 1.29 is 17.9 Å². The molecule has 0 saturated heterocycles. The number of ether oxygens (including phenoxy) is 1. The van der Waals surface area contributed by atoms with Crippen LogP contribution in [0.2, 0.25) is 0 Å². The van der Waals surface area contributed by atoms with Gasteiger partial charge in [-0.05, 0) is 68.8 Å². The fourth-order valence-corrected chi connectivity index (χ4v) is 3.24. The van der Waals surface area contributed by atoms with E-state index in [1.807, 2.05) is 13.8 Å². The van der Waals surface area contributed by atoms with Crippen molar-refractivity contribution in [3.63, 3.8) is 0 Å². The van der Waals surface area contributed by atoms with Crippen LogP contribution in [0.1, 0.15) is 29.8 Å². The first-order valence-corrected chi connectivity index (χ1v) is 8.87. The summed E-state index contributed by atoms with van der Waals surface area (Å²) in [5.74, 6) is 0.0792. The zero-order valence-electron chi connectivity index (χ0n) is 13.7. The molecule has 0 spiro atoms. The van der Waals surface area contributed by atoms with Crippen LogP contribution in [0, 0.1) is 6.92 Å². The van der Waals surface area contributed by atoms with E-state index in [9.17, 15) is 13.2 Å². The Morgan fingerprint density at radius 2 is 1.75 bits per heavy atom. The number of rotatable bonds is 6. The molecule has 24 heavy (non-hydrogen) atoms. The number of anilines is 1. The van der Waals surface area contributed by atoms with E-state index in [1.165, 1.54) is 30.3 Å². The lowest BCUT2D eigenvalue weighted by Gasteiger charge is -2.14. The predicted octanol–water partition coefficient (Wildman–Crippen LogP) is 2.68. The Labute approximate surface area is 141 Å². The monoisotopic (exact) mass is 348 g/mol. The Balaban J connectivity index is 2.23. The second kappa shape index (κ2) is 6.92. The fraction of sp³-hybridized carbons (Fsp3) is 0.235. The van der Waals surface area contributed by atoms with Crippen molar-refractivity contribution >= 4 is 21.6 Å². The number of hydrogen-bond donors (Lipinski definition) is 2. The maximum absolute atomic E-state index is 12.5. The summed E-state index contributed by atoms with van der Waals surface area (Å²) >= 11 is 0. The van der Waals surface area contributed by atoms with E-state index in [-0.39, 0.29) is 11.0 Å². The first kappa shape index (κ1) is 17.8. The highest BCUT2D eigenvalue weighted by Gasteiger charge is 2.16. The molecule has 6 nitrogen and oxygen atoms in total. The Morgan fingerprint density at radius 1 is 1.12 bits per heavy atom. The summed E-state index contributed by atoms with van der Waals surface area (Å²) in [6.45, 7) is 5.60. The van der Waals surface area contributed by atoms with Gasteiger partial charge < -0.3 is 10.5 Å². The van der Waals surface area contributed by atoms with E-state index >= 15 is 0 Å². The van der Waals surface area contributed by atoms with Crippen molar-refractivity contribution in [2.75, 3.05) is 4.72 Å². The van der Waals surface area contributed by atoms with Gasteiger partial charge in [0.05, 0.1) is 11.0 Å². The smallest absolute Gasteiger partial charge is 0.261 e. The van der Waals surface area contributed by atoms with Gasteiger partial charge in [-0.15, -0.1) is 0 Å². The highest BCUT2D eigenvalue weighted by Crippen LogP contribution is 2.24. The molecule has 0 saturated carbocycles. The first-order chi connectivity index (χ1) is 11.2. The Kier molecular flexibility index (Phi) is 5.14. The van der Waals surface area contributed by atoms with Crippen LogP contribution in [-0.2, 0) is 10.0 Å². The Bertz CT molecular complexity index is 843. The number of nitrogens with two attached hydrogens (primary N) is 1. The van der Waals surface area contributed by atoms with Crippen molar-refractivity contribution in [3.8, 4) is 5.75 Å². The quantitative estimate of drug-likeness (QED) is 0.838. The largest absolute Gasteiger partial charge is 0.491 e. The summed E-state index contributed by atoms with van der Waals surface area (Å²) in [5, 5.41) is 0. The molecule has 0 aliphatic carbocycles. The number of hydrogen-bond acceptors (Lipinski definition) is 4. The molecule has 2 aromatic rings. The second-order valence-electron chi connectivity index (χ2n) is 5.64. The number of carbonyl (C=O) groups excluding carboxylic acids is 1. The predicted molar refractivity (Wildman–Crippen MR) is 92.7 cm³/mol. The molecule has 2 rings (SSSR count). The molecule has 0 atom stereocenters. The number of sulfonamides is 1. The standard InChI is InChI=1S/C17H20N2O4S/c1-11(2)23-16-9-8-15(10-12(16)3)24(21,22)19-14-6-4-13(5-7-14)17(18)20/h4-11,19H,1-3H3,(H2,18,20). The minimum absolute atomic E-state index is 0.00746. The van der Waals surface area contributed by atoms with Crippen LogP contribution in [0.15, 0.2) is 47.4 Å². The molecule has 0 radical (unpaired) electrons. The van der Waals surface area contributed by atoms with Gasteiger partial charge in [0.15, 0.2) is 0 Å². The number of primary amides is 1. The van der Waals surface area contributed by atoms with Gasteiger partial charge in [-0.25, -0.2) is 8.42 Å². The van der Waals surface area contributed by atoms with Crippen LogP contribution in [0.5, 0.6) is 5.75 Å². The number of amides is 1. The van der Waals surface area contributed by atoms with Crippen molar-refractivity contribution in [2.24, 2.45) is 5.73 Å². The minimum atomic E-state index is -3.74. The zero-order valence-corrected chi connectivity index (χ0v) is 14.6. The second-order valence-corrected chi connectivity index (χ2v) is 7.32. The van der Waals surface area contributed by atoms with Gasteiger partial charge in [-0.1, -0.05) is 0 Å². The summed E-state index contributed by atoms with van der Waals surface area (Å²) in [6, 6.07) is 10.6. The van der Waals surface area contributed by atoms with Crippen LogP contribution in [0.25, 0.3) is 0 Å². The van der Waals surface area contributed by atoms with Crippen molar-refractivity contribution in [3.05, 3.63) is 53.6 Å². The molecule has 7 heteroatoms. The molecule has 0 aromatic heterocycles. The molecule has 0 aliphatic rings. The van der Waals surface area contributed by atoms with Crippen molar-refractivity contribution in [2.45, 2.75) is 31.8 Å². The summed E-state index contributed by atoms with van der Waals surface area (Å²) in [4.78, 5) is 11.2. The van der Waals surface area contributed by atoms with E-state index in [0.29, 0.717) is 17.0 Å². The van der Waals surface area contributed by atoms with Gasteiger partial charge in [0.25, 0.3) is 10.0 Å². The third kappa shape index (κ3) is 4.26. The maximum atomic E-state index is 12.5. The molecule has 0 unspecified atom stereocenters.